The zero-order valence-corrected chi connectivity index (χ0v) is 9.26. The molecule has 0 N–H and O–H groups in total. The molecule has 13 heavy (non-hydrogen) atoms. The Kier molecular flexibility index (Phi) is 1.97. The maximum Gasteiger partial charge on any atom is 0.171 e. The van der Waals surface area contributed by atoms with Crippen LogP contribution in [-0.2, 0) is 9.47 Å². The molecule has 3 atom stereocenters. The molecule has 0 bridgehead atoms. The molecule has 1 saturated heterocycles. The normalized spacial score (nSPS) is 47.3. The first-order valence-electron chi connectivity index (χ1n) is 5.24. The zero-order valence-electron chi connectivity index (χ0n) is 7.67. The standard InChI is InChI=1S/C10H15BrO2/c11-9-3-4-10(12-5-6-13-10)8-2-1-7(8)9/h7-9H,1-6H2. The van der Waals surface area contributed by atoms with Crippen LogP contribution in [0.25, 0.3) is 0 Å². The molecular formula is C10H15BrO2. The van der Waals surface area contributed by atoms with Crippen molar-refractivity contribution in [1.82, 2.24) is 0 Å². The van der Waals surface area contributed by atoms with Gasteiger partial charge in [-0.1, -0.05) is 15.9 Å². The molecular weight excluding hydrogens is 232 g/mol. The summed E-state index contributed by atoms with van der Waals surface area (Å²) in [7, 11) is 0. The highest BCUT2D eigenvalue weighted by molar-refractivity contribution is 9.09. The first-order valence-corrected chi connectivity index (χ1v) is 6.15. The van der Waals surface area contributed by atoms with Gasteiger partial charge in [-0.25, -0.2) is 0 Å². The molecule has 2 aliphatic carbocycles. The van der Waals surface area contributed by atoms with Gasteiger partial charge in [-0.2, -0.15) is 0 Å². The van der Waals surface area contributed by atoms with Crippen molar-refractivity contribution in [3.8, 4) is 0 Å². The summed E-state index contributed by atoms with van der Waals surface area (Å²) >= 11 is 3.76. The number of ether oxygens (including phenoxy) is 2. The van der Waals surface area contributed by atoms with Crippen LogP contribution in [0.15, 0.2) is 0 Å². The van der Waals surface area contributed by atoms with E-state index in [-0.39, 0.29) is 5.79 Å². The van der Waals surface area contributed by atoms with Gasteiger partial charge in [0.2, 0.25) is 0 Å². The Morgan fingerprint density at radius 1 is 1.08 bits per heavy atom. The van der Waals surface area contributed by atoms with E-state index in [9.17, 15) is 0 Å². The fourth-order valence-corrected chi connectivity index (χ4v) is 3.93. The lowest BCUT2D eigenvalue weighted by atomic mass is 9.62. The van der Waals surface area contributed by atoms with Gasteiger partial charge in [-0.05, 0) is 25.2 Å². The van der Waals surface area contributed by atoms with E-state index in [1.807, 2.05) is 0 Å². The maximum atomic E-state index is 5.82. The van der Waals surface area contributed by atoms with Gasteiger partial charge in [-0.15, -0.1) is 0 Å². The van der Waals surface area contributed by atoms with Crippen molar-refractivity contribution in [2.24, 2.45) is 11.8 Å². The second-order valence-corrected chi connectivity index (χ2v) is 5.59. The van der Waals surface area contributed by atoms with E-state index < -0.39 is 0 Å². The number of halogens is 1. The van der Waals surface area contributed by atoms with E-state index in [0.717, 1.165) is 25.6 Å². The van der Waals surface area contributed by atoms with Crippen molar-refractivity contribution in [2.75, 3.05) is 13.2 Å². The van der Waals surface area contributed by atoms with E-state index in [1.165, 1.54) is 19.3 Å². The molecule has 1 aliphatic heterocycles. The Bertz CT molecular complexity index is 213. The molecule has 74 valence electrons. The Hall–Kier alpha value is 0.400. The fourth-order valence-electron chi connectivity index (χ4n) is 3.07. The van der Waals surface area contributed by atoms with Crippen LogP contribution in [0.2, 0.25) is 0 Å². The first-order chi connectivity index (χ1) is 6.32. The van der Waals surface area contributed by atoms with Gasteiger partial charge in [0.25, 0.3) is 0 Å². The molecule has 2 saturated carbocycles. The zero-order chi connectivity index (χ0) is 8.89. The van der Waals surface area contributed by atoms with E-state index in [1.54, 1.807) is 0 Å². The summed E-state index contributed by atoms with van der Waals surface area (Å²) in [5.41, 5.74) is 0. The van der Waals surface area contributed by atoms with Gasteiger partial charge in [0.05, 0.1) is 13.2 Å². The minimum atomic E-state index is -0.160. The van der Waals surface area contributed by atoms with Crippen molar-refractivity contribution in [1.29, 1.82) is 0 Å². The summed E-state index contributed by atoms with van der Waals surface area (Å²) in [5.74, 6) is 1.33. The molecule has 3 aliphatic rings. The van der Waals surface area contributed by atoms with Crippen LogP contribution >= 0.6 is 15.9 Å². The second-order valence-electron chi connectivity index (χ2n) is 4.41. The van der Waals surface area contributed by atoms with Gasteiger partial charge < -0.3 is 9.47 Å². The van der Waals surface area contributed by atoms with E-state index in [2.05, 4.69) is 15.9 Å². The number of rotatable bonds is 0. The minimum absolute atomic E-state index is 0.160. The highest BCUT2D eigenvalue weighted by Gasteiger charge is 2.56. The van der Waals surface area contributed by atoms with E-state index >= 15 is 0 Å². The number of hydrogen-bond acceptors (Lipinski definition) is 2. The van der Waals surface area contributed by atoms with Gasteiger partial charge in [0, 0.05) is 17.2 Å². The highest BCUT2D eigenvalue weighted by atomic mass is 79.9. The average Bonchev–Trinajstić information content (AvgIpc) is 2.46. The van der Waals surface area contributed by atoms with Gasteiger partial charge >= 0.3 is 0 Å². The Morgan fingerprint density at radius 2 is 1.85 bits per heavy atom. The molecule has 0 amide bonds. The summed E-state index contributed by atoms with van der Waals surface area (Å²) in [5, 5.41) is 0. The van der Waals surface area contributed by atoms with Gasteiger partial charge in [0.1, 0.15) is 0 Å². The van der Waals surface area contributed by atoms with Crippen molar-refractivity contribution in [2.45, 2.75) is 36.3 Å². The predicted molar refractivity (Wildman–Crippen MR) is 52.8 cm³/mol. The molecule has 3 rings (SSSR count). The van der Waals surface area contributed by atoms with Crippen molar-refractivity contribution >= 4 is 15.9 Å². The molecule has 3 fully saturated rings. The van der Waals surface area contributed by atoms with Crippen molar-refractivity contribution in [3.05, 3.63) is 0 Å². The highest BCUT2D eigenvalue weighted by Crippen LogP contribution is 2.55. The topological polar surface area (TPSA) is 18.5 Å². The van der Waals surface area contributed by atoms with Gasteiger partial charge in [-0.3, -0.25) is 0 Å². The quantitative estimate of drug-likeness (QED) is 0.611. The smallest absolute Gasteiger partial charge is 0.171 e. The number of fused-ring (bicyclic) bond motifs is 2. The molecule has 2 nitrogen and oxygen atoms in total. The van der Waals surface area contributed by atoms with Crippen molar-refractivity contribution < 1.29 is 9.47 Å². The predicted octanol–water partition coefficient (Wildman–Crippen LogP) is 2.31. The largest absolute Gasteiger partial charge is 0.347 e. The molecule has 0 aromatic heterocycles. The second kappa shape index (κ2) is 2.94. The molecule has 3 unspecified atom stereocenters. The van der Waals surface area contributed by atoms with Crippen molar-refractivity contribution in [3.63, 3.8) is 0 Å². The number of alkyl halides is 1. The SMILES string of the molecule is BrC1CCC2(OCCO2)C2CCC12. The third-order valence-electron chi connectivity index (χ3n) is 3.90. The molecule has 1 spiro atoms. The fraction of sp³-hybridized carbons (Fsp3) is 1.00. The Labute approximate surface area is 87.1 Å². The minimum Gasteiger partial charge on any atom is -0.347 e. The lowest BCUT2D eigenvalue weighted by Crippen LogP contribution is -2.54. The summed E-state index contributed by atoms with van der Waals surface area (Å²) < 4.78 is 11.6. The molecule has 0 aromatic rings. The van der Waals surface area contributed by atoms with E-state index in [4.69, 9.17) is 9.47 Å². The summed E-state index contributed by atoms with van der Waals surface area (Å²) in [6.45, 7) is 1.60. The molecule has 3 heteroatoms. The Morgan fingerprint density at radius 3 is 2.46 bits per heavy atom. The number of hydrogen-bond donors (Lipinski definition) is 0. The lowest BCUT2D eigenvalue weighted by Gasteiger charge is -2.52. The summed E-state index contributed by atoms with van der Waals surface area (Å²) in [6.07, 6.45) is 4.95. The monoisotopic (exact) mass is 246 g/mol. The van der Waals surface area contributed by atoms with Crippen LogP contribution in [0.5, 0.6) is 0 Å². The van der Waals surface area contributed by atoms with Gasteiger partial charge in [0.15, 0.2) is 5.79 Å². The average molecular weight is 247 g/mol. The third kappa shape index (κ3) is 1.13. The summed E-state index contributed by atoms with van der Waals surface area (Å²) in [6, 6.07) is 0. The van der Waals surface area contributed by atoms with Crippen LogP contribution in [0.3, 0.4) is 0 Å². The lowest BCUT2D eigenvalue weighted by molar-refractivity contribution is -0.245. The third-order valence-corrected chi connectivity index (χ3v) is 5.04. The van der Waals surface area contributed by atoms with Crippen LogP contribution in [0.4, 0.5) is 0 Å². The van der Waals surface area contributed by atoms with Crippen LogP contribution in [0.1, 0.15) is 25.7 Å². The van der Waals surface area contributed by atoms with E-state index in [0.29, 0.717) is 10.7 Å². The summed E-state index contributed by atoms with van der Waals surface area (Å²) in [4.78, 5) is 0.713. The van der Waals surface area contributed by atoms with Crippen LogP contribution < -0.4 is 0 Å². The van der Waals surface area contributed by atoms with Crippen LogP contribution in [-0.4, -0.2) is 23.8 Å². The molecule has 0 aromatic carbocycles. The Balaban J connectivity index is 1.82. The first kappa shape index (κ1) is 8.69. The molecule has 0 radical (unpaired) electrons. The molecule has 1 heterocycles. The van der Waals surface area contributed by atoms with Crippen LogP contribution in [0, 0.1) is 11.8 Å². The maximum absolute atomic E-state index is 5.82.